The van der Waals surface area contributed by atoms with E-state index in [-0.39, 0.29) is 5.91 Å². The number of para-hydroxylation sites is 1. The Morgan fingerprint density at radius 2 is 2.04 bits per heavy atom. The van der Waals surface area contributed by atoms with Crippen molar-refractivity contribution in [1.29, 1.82) is 0 Å². The van der Waals surface area contributed by atoms with Gasteiger partial charge in [0.1, 0.15) is 5.75 Å². The highest BCUT2D eigenvalue weighted by atomic mass is 32.1. The fourth-order valence-electron chi connectivity index (χ4n) is 2.80. The third kappa shape index (κ3) is 5.05. The van der Waals surface area contributed by atoms with E-state index in [1.807, 2.05) is 37.3 Å². The number of aromatic nitrogens is 1. The van der Waals surface area contributed by atoms with Crippen LogP contribution in [-0.2, 0) is 11.2 Å². The number of carbonyl (C=O) groups is 1. The maximum absolute atomic E-state index is 11.9. The Hall–Kier alpha value is -2.40. The van der Waals surface area contributed by atoms with Crippen LogP contribution < -0.4 is 10.1 Å². The molecule has 3 rings (SSSR count). The summed E-state index contributed by atoms with van der Waals surface area (Å²) >= 11 is 1.73. The Morgan fingerprint density at radius 1 is 1.19 bits per heavy atom. The van der Waals surface area contributed by atoms with Crippen molar-refractivity contribution in [3.63, 3.8) is 0 Å². The minimum absolute atomic E-state index is 0.0269. The van der Waals surface area contributed by atoms with Gasteiger partial charge < -0.3 is 10.1 Å². The van der Waals surface area contributed by atoms with Crippen molar-refractivity contribution in [2.75, 3.05) is 13.2 Å². The van der Waals surface area contributed by atoms with Crippen LogP contribution in [0.15, 0.2) is 42.5 Å². The summed E-state index contributed by atoms with van der Waals surface area (Å²) in [5.41, 5.74) is 3.36. The Labute approximate surface area is 158 Å². The molecule has 5 heteroatoms. The number of nitrogens with zero attached hydrogens (tertiary/aromatic N) is 1. The number of amides is 1. The van der Waals surface area contributed by atoms with Gasteiger partial charge in [-0.25, -0.2) is 4.98 Å². The smallest absolute Gasteiger partial charge is 0.223 e. The summed E-state index contributed by atoms with van der Waals surface area (Å²) in [7, 11) is 0. The van der Waals surface area contributed by atoms with Crippen molar-refractivity contribution in [3.8, 4) is 5.75 Å². The monoisotopic (exact) mass is 368 g/mol. The zero-order valence-electron chi connectivity index (χ0n) is 15.2. The van der Waals surface area contributed by atoms with Crippen molar-refractivity contribution in [2.45, 2.75) is 33.1 Å². The molecule has 1 heterocycles. The first-order valence-corrected chi connectivity index (χ1v) is 9.74. The molecule has 0 spiro atoms. The molecule has 0 radical (unpaired) electrons. The van der Waals surface area contributed by atoms with E-state index >= 15 is 0 Å². The van der Waals surface area contributed by atoms with Gasteiger partial charge in [-0.15, -0.1) is 11.3 Å². The maximum atomic E-state index is 11.9. The molecule has 2 aromatic carbocycles. The van der Waals surface area contributed by atoms with Crippen LogP contribution in [0.2, 0.25) is 0 Å². The van der Waals surface area contributed by atoms with E-state index in [1.165, 1.54) is 10.3 Å². The number of ether oxygens (including phenoxy) is 1. The van der Waals surface area contributed by atoms with Crippen molar-refractivity contribution >= 4 is 27.5 Å². The molecule has 0 atom stereocenters. The molecule has 26 heavy (non-hydrogen) atoms. The van der Waals surface area contributed by atoms with Crippen molar-refractivity contribution in [3.05, 3.63) is 58.6 Å². The van der Waals surface area contributed by atoms with Crippen LogP contribution in [0, 0.1) is 13.8 Å². The molecule has 0 saturated heterocycles. The number of fused-ring (bicyclic) bond motifs is 1. The van der Waals surface area contributed by atoms with E-state index in [0.29, 0.717) is 19.6 Å². The summed E-state index contributed by atoms with van der Waals surface area (Å²) < 4.78 is 6.92. The quantitative estimate of drug-likeness (QED) is 0.598. The van der Waals surface area contributed by atoms with Crippen molar-refractivity contribution in [1.82, 2.24) is 10.3 Å². The predicted molar refractivity (Wildman–Crippen MR) is 107 cm³/mol. The Bertz CT molecular complexity index is 856. The maximum Gasteiger partial charge on any atom is 0.223 e. The molecule has 0 aliphatic heterocycles. The molecule has 136 valence electrons. The van der Waals surface area contributed by atoms with Gasteiger partial charge in [-0.05, 0) is 44.0 Å². The minimum atomic E-state index is 0.0269. The second-order valence-corrected chi connectivity index (χ2v) is 7.51. The molecule has 4 nitrogen and oxygen atoms in total. The number of hydrogen-bond acceptors (Lipinski definition) is 4. The molecular weight excluding hydrogens is 344 g/mol. The number of benzene rings is 2. The average molecular weight is 369 g/mol. The molecule has 3 aromatic rings. The lowest BCUT2D eigenvalue weighted by atomic mass is 10.1. The van der Waals surface area contributed by atoms with Gasteiger partial charge >= 0.3 is 0 Å². The molecule has 0 aliphatic rings. The number of rotatable bonds is 8. The summed E-state index contributed by atoms with van der Waals surface area (Å²) in [6.45, 7) is 5.13. The van der Waals surface area contributed by atoms with E-state index in [2.05, 4.69) is 29.4 Å². The van der Waals surface area contributed by atoms with Crippen molar-refractivity contribution in [2.24, 2.45) is 0 Å². The minimum Gasteiger partial charge on any atom is -0.493 e. The zero-order valence-corrected chi connectivity index (χ0v) is 16.1. The number of thiazole rings is 1. The van der Waals surface area contributed by atoms with Crippen LogP contribution in [0.1, 0.15) is 29.0 Å². The van der Waals surface area contributed by atoms with E-state index < -0.39 is 0 Å². The summed E-state index contributed by atoms with van der Waals surface area (Å²) in [4.78, 5) is 16.5. The van der Waals surface area contributed by atoms with Crippen LogP contribution in [0.25, 0.3) is 10.2 Å². The molecule has 0 aliphatic carbocycles. The summed E-state index contributed by atoms with van der Waals surface area (Å²) in [6, 6.07) is 14.2. The average Bonchev–Trinajstić information content (AvgIpc) is 3.03. The summed E-state index contributed by atoms with van der Waals surface area (Å²) in [6.07, 6.45) is 2.15. The zero-order chi connectivity index (χ0) is 18.4. The van der Waals surface area contributed by atoms with Crippen LogP contribution in [0.4, 0.5) is 0 Å². The highest BCUT2D eigenvalue weighted by Gasteiger charge is 2.05. The van der Waals surface area contributed by atoms with E-state index in [9.17, 15) is 4.79 Å². The molecule has 0 saturated carbocycles. The molecule has 1 N–H and O–H groups in total. The van der Waals surface area contributed by atoms with Crippen LogP contribution in [0.5, 0.6) is 5.75 Å². The second kappa shape index (κ2) is 8.81. The summed E-state index contributed by atoms with van der Waals surface area (Å²) in [5, 5.41) is 4.08. The van der Waals surface area contributed by atoms with Gasteiger partial charge in [-0.1, -0.05) is 29.8 Å². The summed E-state index contributed by atoms with van der Waals surface area (Å²) in [5.74, 6) is 0.873. The first-order chi connectivity index (χ1) is 12.6. The molecule has 0 fully saturated rings. The van der Waals surface area contributed by atoms with Crippen molar-refractivity contribution < 1.29 is 9.53 Å². The third-order valence-corrected chi connectivity index (χ3v) is 5.24. The van der Waals surface area contributed by atoms with Crippen LogP contribution in [0.3, 0.4) is 0 Å². The highest BCUT2D eigenvalue weighted by Crippen LogP contribution is 2.22. The van der Waals surface area contributed by atoms with E-state index in [1.54, 1.807) is 11.3 Å². The molecule has 0 unspecified atom stereocenters. The Balaban J connectivity index is 1.34. The fraction of sp³-hybridized carbons (Fsp3) is 0.333. The number of hydrogen-bond donors (Lipinski definition) is 1. The van der Waals surface area contributed by atoms with Gasteiger partial charge in [0.25, 0.3) is 0 Å². The Kier molecular flexibility index (Phi) is 6.23. The number of aryl methyl sites for hydroxylation is 3. The van der Waals surface area contributed by atoms with Crippen LogP contribution in [-0.4, -0.2) is 24.0 Å². The molecule has 1 amide bonds. The van der Waals surface area contributed by atoms with Gasteiger partial charge in [0.15, 0.2) is 0 Å². The lowest BCUT2D eigenvalue weighted by Crippen LogP contribution is -2.26. The standard InChI is InChI=1S/C21H24N2O2S/c1-15-9-10-18(16(2)14-15)25-13-11-20(24)22-12-5-8-21-23-17-6-3-4-7-19(17)26-21/h3-4,6-7,9-10,14H,5,8,11-13H2,1-2H3,(H,22,24). The molecule has 1 aromatic heterocycles. The van der Waals surface area contributed by atoms with Gasteiger partial charge in [0, 0.05) is 13.0 Å². The lowest BCUT2D eigenvalue weighted by Gasteiger charge is -2.10. The first-order valence-electron chi connectivity index (χ1n) is 8.93. The van der Waals surface area contributed by atoms with Crippen LogP contribution >= 0.6 is 11.3 Å². The van der Waals surface area contributed by atoms with Gasteiger partial charge in [-0.3, -0.25) is 4.79 Å². The van der Waals surface area contributed by atoms with E-state index in [0.717, 1.165) is 34.7 Å². The van der Waals surface area contributed by atoms with E-state index in [4.69, 9.17) is 4.74 Å². The number of carbonyl (C=O) groups excluding carboxylic acids is 1. The van der Waals surface area contributed by atoms with Gasteiger partial charge in [0.05, 0.1) is 28.3 Å². The Morgan fingerprint density at radius 3 is 2.85 bits per heavy atom. The number of nitrogens with one attached hydrogen (secondary N) is 1. The largest absolute Gasteiger partial charge is 0.493 e. The molecule has 0 bridgehead atoms. The lowest BCUT2D eigenvalue weighted by molar-refractivity contribution is -0.121. The highest BCUT2D eigenvalue weighted by molar-refractivity contribution is 7.18. The predicted octanol–water partition coefficient (Wildman–Crippen LogP) is 4.43. The topological polar surface area (TPSA) is 51.2 Å². The normalized spacial score (nSPS) is 10.8. The van der Waals surface area contributed by atoms with Gasteiger partial charge in [-0.2, -0.15) is 0 Å². The second-order valence-electron chi connectivity index (χ2n) is 6.40. The fourth-order valence-corrected chi connectivity index (χ4v) is 3.81. The first kappa shape index (κ1) is 18.4. The molecular formula is C21H24N2O2S. The van der Waals surface area contributed by atoms with Gasteiger partial charge in [0.2, 0.25) is 5.91 Å². The SMILES string of the molecule is Cc1ccc(OCCC(=O)NCCCc2nc3ccccc3s2)c(C)c1. The third-order valence-electron chi connectivity index (χ3n) is 4.14.